The summed E-state index contributed by atoms with van der Waals surface area (Å²) in [5.74, 6) is 0.833. The molecule has 0 aromatic rings. The van der Waals surface area contributed by atoms with E-state index in [-0.39, 0.29) is 24.0 Å². The smallest absolute Gasteiger partial charge is 0.191 e. The van der Waals surface area contributed by atoms with Gasteiger partial charge in [-0.1, -0.05) is 13.0 Å². The van der Waals surface area contributed by atoms with Crippen LogP contribution in [0.25, 0.3) is 0 Å². The molecule has 0 aliphatic carbocycles. The number of likely N-dealkylation sites (N-methyl/N-ethyl adjacent to an activating group) is 1. The lowest BCUT2D eigenvalue weighted by atomic mass is 10.3. The normalized spacial score (nSPS) is 11.3. The van der Waals surface area contributed by atoms with Crippen LogP contribution in [0.5, 0.6) is 0 Å². The van der Waals surface area contributed by atoms with Crippen LogP contribution in [0.15, 0.2) is 17.6 Å². The zero-order valence-electron chi connectivity index (χ0n) is 11.5. The molecule has 0 saturated heterocycles. The fraction of sp³-hybridized carbons (Fsp3) is 0.750. The Labute approximate surface area is 123 Å². The van der Waals surface area contributed by atoms with Gasteiger partial charge >= 0.3 is 0 Å². The lowest BCUT2D eigenvalue weighted by Gasteiger charge is -2.25. The van der Waals surface area contributed by atoms with Gasteiger partial charge in [-0.15, -0.1) is 30.6 Å². The molecule has 0 aliphatic rings. The molecule has 5 heteroatoms. The van der Waals surface area contributed by atoms with E-state index in [2.05, 4.69) is 47.9 Å². The summed E-state index contributed by atoms with van der Waals surface area (Å²) in [7, 11) is 1.78. The predicted molar refractivity (Wildman–Crippen MR) is 87.4 cm³/mol. The first-order valence-electron chi connectivity index (χ1n) is 5.95. The molecule has 0 aromatic heterocycles. The molecule has 17 heavy (non-hydrogen) atoms. The van der Waals surface area contributed by atoms with Crippen molar-refractivity contribution < 1.29 is 0 Å². The second-order valence-electron chi connectivity index (χ2n) is 3.89. The highest BCUT2D eigenvalue weighted by molar-refractivity contribution is 14.0. The summed E-state index contributed by atoms with van der Waals surface area (Å²) in [4.78, 5) is 6.53. The molecule has 0 radical (unpaired) electrons. The summed E-state index contributed by atoms with van der Waals surface area (Å²) in [5, 5.41) is 6.42. The third kappa shape index (κ3) is 9.41. The molecule has 0 aliphatic heterocycles. The maximum Gasteiger partial charge on any atom is 0.191 e. The van der Waals surface area contributed by atoms with Gasteiger partial charge in [-0.05, 0) is 20.4 Å². The fourth-order valence-corrected chi connectivity index (χ4v) is 1.49. The highest BCUT2D eigenvalue weighted by Crippen LogP contribution is 1.95. The van der Waals surface area contributed by atoms with E-state index in [0.29, 0.717) is 6.04 Å². The van der Waals surface area contributed by atoms with Crippen molar-refractivity contribution in [3.63, 3.8) is 0 Å². The van der Waals surface area contributed by atoms with Gasteiger partial charge in [-0.2, -0.15) is 0 Å². The Morgan fingerprint density at radius 1 is 1.41 bits per heavy atom. The molecule has 0 rings (SSSR count). The SMILES string of the molecule is C=CCNC(=NC)NCCN(CC)C(C)C.I. The summed E-state index contributed by atoms with van der Waals surface area (Å²) < 4.78 is 0. The molecular weight excluding hydrogens is 327 g/mol. The van der Waals surface area contributed by atoms with Crippen LogP contribution in [0.2, 0.25) is 0 Å². The molecule has 0 unspecified atom stereocenters. The van der Waals surface area contributed by atoms with Crippen molar-refractivity contribution in [1.82, 2.24) is 15.5 Å². The molecular formula is C12H27IN4. The second kappa shape index (κ2) is 12.2. The largest absolute Gasteiger partial charge is 0.355 e. The summed E-state index contributed by atoms with van der Waals surface area (Å²) in [6, 6.07) is 0.593. The summed E-state index contributed by atoms with van der Waals surface area (Å²) >= 11 is 0. The topological polar surface area (TPSA) is 39.7 Å². The Hall–Kier alpha value is -0.300. The minimum atomic E-state index is 0. The van der Waals surface area contributed by atoms with E-state index < -0.39 is 0 Å². The van der Waals surface area contributed by atoms with E-state index in [1.165, 1.54) is 0 Å². The van der Waals surface area contributed by atoms with Gasteiger partial charge in [-0.25, -0.2) is 0 Å². The van der Waals surface area contributed by atoms with Crippen molar-refractivity contribution in [2.45, 2.75) is 26.8 Å². The van der Waals surface area contributed by atoms with E-state index in [0.717, 1.165) is 32.1 Å². The van der Waals surface area contributed by atoms with Crippen molar-refractivity contribution in [3.05, 3.63) is 12.7 Å². The average molecular weight is 354 g/mol. The van der Waals surface area contributed by atoms with Crippen LogP contribution < -0.4 is 10.6 Å². The van der Waals surface area contributed by atoms with Crippen molar-refractivity contribution in [3.8, 4) is 0 Å². The van der Waals surface area contributed by atoms with Gasteiger partial charge < -0.3 is 10.6 Å². The van der Waals surface area contributed by atoms with E-state index in [9.17, 15) is 0 Å². The van der Waals surface area contributed by atoms with Gasteiger partial charge in [0.1, 0.15) is 0 Å². The molecule has 2 N–H and O–H groups in total. The lowest BCUT2D eigenvalue weighted by molar-refractivity contribution is 0.237. The first kappa shape index (κ1) is 19.0. The Morgan fingerprint density at radius 3 is 2.47 bits per heavy atom. The van der Waals surface area contributed by atoms with Crippen LogP contribution in [-0.2, 0) is 0 Å². The molecule has 0 atom stereocenters. The molecule has 0 bridgehead atoms. The van der Waals surface area contributed by atoms with Crippen LogP contribution in [0, 0.1) is 0 Å². The van der Waals surface area contributed by atoms with Gasteiger partial charge in [0.25, 0.3) is 0 Å². The molecule has 0 spiro atoms. The Balaban J connectivity index is 0. The number of aliphatic imine (C=N–C) groups is 1. The minimum Gasteiger partial charge on any atom is -0.355 e. The van der Waals surface area contributed by atoms with Crippen LogP contribution in [-0.4, -0.2) is 50.1 Å². The Kier molecular flexibility index (Phi) is 13.6. The fourth-order valence-electron chi connectivity index (χ4n) is 1.49. The zero-order chi connectivity index (χ0) is 12.4. The third-order valence-electron chi connectivity index (χ3n) is 2.47. The molecule has 0 heterocycles. The highest BCUT2D eigenvalue weighted by atomic mass is 127. The molecule has 4 nitrogen and oxygen atoms in total. The van der Waals surface area contributed by atoms with E-state index >= 15 is 0 Å². The Bertz CT molecular complexity index is 217. The monoisotopic (exact) mass is 354 g/mol. The average Bonchev–Trinajstić information content (AvgIpc) is 2.28. The molecule has 0 saturated carbocycles. The van der Waals surface area contributed by atoms with Crippen molar-refractivity contribution >= 4 is 29.9 Å². The molecule has 102 valence electrons. The van der Waals surface area contributed by atoms with Gasteiger partial charge in [0, 0.05) is 32.7 Å². The van der Waals surface area contributed by atoms with Crippen molar-refractivity contribution in [2.24, 2.45) is 4.99 Å². The summed E-state index contributed by atoms with van der Waals surface area (Å²) in [6.45, 7) is 14.0. The standard InChI is InChI=1S/C12H26N4.HI/c1-6-8-14-12(13-5)15-9-10-16(7-2)11(3)4;/h6,11H,1,7-10H2,2-5H3,(H2,13,14,15);1H. The third-order valence-corrected chi connectivity index (χ3v) is 2.47. The highest BCUT2D eigenvalue weighted by Gasteiger charge is 2.05. The molecule has 0 amide bonds. The molecule has 0 aromatic carbocycles. The number of guanidine groups is 1. The van der Waals surface area contributed by atoms with Gasteiger partial charge in [0.15, 0.2) is 5.96 Å². The van der Waals surface area contributed by atoms with Gasteiger partial charge in [0.2, 0.25) is 0 Å². The van der Waals surface area contributed by atoms with E-state index in [4.69, 9.17) is 0 Å². The maximum absolute atomic E-state index is 4.12. The van der Waals surface area contributed by atoms with Gasteiger partial charge in [-0.3, -0.25) is 9.89 Å². The van der Waals surface area contributed by atoms with Crippen LogP contribution >= 0.6 is 24.0 Å². The number of hydrogen-bond donors (Lipinski definition) is 2. The first-order chi connectivity index (χ1) is 7.65. The summed E-state index contributed by atoms with van der Waals surface area (Å²) in [6.07, 6.45) is 1.82. The van der Waals surface area contributed by atoms with Crippen LogP contribution in [0.4, 0.5) is 0 Å². The quantitative estimate of drug-likeness (QED) is 0.316. The van der Waals surface area contributed by atoms with Crippen LogP contribution in [0.1, 0.15) is 20.8 Å². The number of nitrogens with one attached hydrogen (secondary N) is 2. The molecule has 0 fully saturated rings. The number of rotatable bonds is 7. The lowest BCUT2D eigenvalue weighted by Crippen LogP contribution is -2.43. The van der Waals surface area contributed by atoms with Crippen LogP contribution in [0.3, 0.4) is 0 Å². The zero-order valence-corrected chi connectivity index (χ0v) is 13.8. The predicted octanol–water partition coefficient (Wildman–Crippen LogP) is 1.69. The second-order valence-corrected chi connectivity index (χ2v) is 3.89. The Morgan fingerprint density at radius 2 is 2.06 bits per heavy atom. The van der Waals surface area contributed by atoms with Crippen molar-refractivity contribution in [2.75, 3.05) is 33.2 Å². The maximum atomic E-state index is 4.12. The number of hydrogen-bond acceptors (Lipinski definition) is 2. The van der Waals surface area contributed by atoms with Crippen molar-refractivity contribution in [1.29, 1.82) is 0 Å². The van der Waals surface area contributed by atoms with E-state index in [1.54, 1.807) is 7.05 Å². The number of halogens is 1. The van der Waals surface area contributed by atoms with Gasteiger partial charge in [0.05, 0.1) is 0 Å². The number of nitrogens with zero attached hydrogens (tertiary/aromatic N) is 2. The minimum absolute atomic E-state index is 0. The summed E-state index contributed by atoms with van der Waals surface area (Å²) in [5.41, 5.74) is 0. The first-order valence-corrected chi connectivity index (χ1v) is 5.95. The van der Waals surface area contributed by atoms with E-state index in [1.807, 2.05) is 6.08 Å².